The lowest BCUT2D eigenvalue weighted by atomic mass is 10.1. The molecule has 3 nitrogen and oxygen atoms in total. The monoisotopic (exact) mass is 339 g/mol. The van der Waals surface area contributed by atoms with Crippen LogP contribution < -0.4 is 4.74 Å². The van der Waals surface area contributed by atoms with Gasteiger partial charge in [-0.05, 0) is 47.1 Å². The van der Waals surface area contributed by atoms with Gasteiger partial charge in [-0.2, -0.15) is 0 Å². The van der Waals surface area contributed by atoms with Crippen LogP contribution in [0.3, 0.4) is 0 Å². The zero-order chi connectivity index (χ0) is 13.8. The highest BCUT2D eigenvalue weighted by Crippen LogP contribution is 2.37. The maximum atomic E-state index is 9.92. The van der Waals surface area contributed by atoms with Crippen molar-refractivity contribution < 1.29 is 9.84 Å². The minimum atomic E-state index is -0.589. The van der Waals surface area contributed by atoms with E-state index < -0.39 is 6.10 Å². The molecular weight excluding hydrogens is 326 g/mol. The summed E-state index contributed by atoms with van der Waals surface area (Å²) in [6, 6.07) is 9.59. The van der Waals surface area contributed by atoms with Gasteiger partial charge in [0.15, 0.2) is 0 Å². The predicted molar refractivity (Wildman–Crippen MR) is 79.7 cm³/mol. The van der Waals surface area contributed by atoms with Crippen molar-refractivity contribution in [3.63, 3.8) is 0 Å². The molecule has 0 fully saturated rings. The van der Waals surface area contributed by atoms with Crippen molar-refractivity contribution >= 4 is 27.7 Å². The summed E-state index contributed by atoms with van der Waals surface area (Å²) in [5, 5.41) is 10.8. The smallest absolute Gasteiger partial charge is 0.125 e. The van der Waals surface area contributed by atoms with Crippen molar-refractivity contribution in [3.8, 4) is 5.75 Å². The summed E-state index contributed by atoms with van der Waals surface area (Å²) >= 11 is 4.87. The average Bonchev–Trinajstić information content (AvgIpc) is 2.40. The molecule has 1 aromatic heterocycles. The molecule has 100 valence electrons. The summed E-state index contributed by atoms with van der Waals surface area (Å²) in [6.07, 6.45) is 1.17. The van der Waals surface area contributed by atoms with E-state index in [1.165, 1.54) is 11.8 Å². The Morgan fingerprint density at radius 3 is 2.68 bits per heavy atom. The first-order valence-electron chi connectivity index (χ1n) is 5.76. The van der Waals surface area contributed by atoms with Crippen molar-refractivity contribution in [2.45, 2.75) is 22.9 Å². The van der Waals surface area contributed by atoms with E-state index in [0.29, 0.717) is 5.75 Å². The van der Waals surface area contributed by atoms with Crippen molar-refractivity contribution in [3.05, 3.63) is 46.6 Å². The third-order valence-corrected chi connectivity index (χ3v) is 4.07. The SMILES string of the molecule is COc1cccc(Sc2ccc(Br)cn2)c1[C@@H](C)O. The molecule has 0 aliphatic rings. The Labute approximate surface area is 125 Å². The first kappa shape index (κ1) is 14.4. The quantitative estimate of drug-likeness (QED) is 0.912. The third kappa shape index (κ3) is 3.49. The van der Waals surface area contributed by atoms with E-state index in [1.54, 1.807) is 20.2 Å². The van der Waals surface area contributed by atoms with Gasteiger partial charge in [0, 0.05) is 21.1 Å². The first-order chi connectivity index (χ1) is 9.11. The van der Waals surface area contributed by atoms with E-state index in [0.717, 1.165) is 20.0 Å². The number of hydrogen-bond acceptors (Lipinski definition) is 4. The number of rotatable bonds is 4. The first-order valence-corrected chi connectivity index (χ1v) is 7.37. The van der Waals surface area contributed by atoms with Crippen LogP contribution in [0.25, 0.3) is 0 Å². The fraction of sp³-hybridized carbons (Fsp3) is 0.214. The summed E-state index contributed by atoms with van der Waals surface area (Å²) in [7, 11) is 1.60. The molecule has 1 atom stereocenters. The molecule has 19 heavy (non-hydrogen) atoms. The lowest BCUT2D eigenvalue weighted by Crippen LogP contribution is -1.99. The van der Waals surface area contributed by atoms with Crippen LogP contribution in [0.5, 0.6) is 5.75 Å². The van der Waals surface area contributed by atoms with Gasteiger partial charge in [0.05, 0.1) is 13.2 Å². The van der Waals surface area contributed by atoms with Crippen LogP contribution in [0, 0.1) is 0 Å². The number of aliphatic hydroxyl groups is 1. The van der Waals surface area contributed by atoms with E-state index in [-0.39, 0.29) is 0 Å². The molecule has 1 aromatic carbocycles. The standard InChI is InChI=1S/C14H14BrNO2S/c1-9(17)14-11(18-2)4-3-5-12(14)19-13-7-6-10(15)8-16-13/h3-9,17H,1-2H3/t9-/m1/s1. The van der Waals surface area contributed by atoms with Crippen molar-refractivity contribution in [1.29, 1.82) is 0 Å². The Morgan fingerprint density at radius 1 is 1.32 bits per heavy atom. The highest BCUT2D eigenvalue weighted by atomic mass is 79.9. The van der Waals surface area contributed by atoms with Gasteiger partial charge in [0.25, 0.3) is 0 Å². The van der Waals surface area contributed by atoms with Crippen LogP contribution in [0.1, 0.15) is 18.6 Å². The second-order valence-electron chi connectivity index (χ2n) is 3.96. The molecule has 0 aliphatic carbocycles. The lowest BCUT2D eigenvalue weighted by Gasteiger charge is -2.15. The minimum Gasteiger partial charge on any atom is -0.496 e. The number of benzene rings is 1. The van der Waals surface area contributed by atoms with Gasteiger partial charge in [-0.15, -0.1) is 0 Å². The summed E-state index contributed by atoms with van der Waals surface area (Å²) in [6.45, 7) is 1.73. The molecule has 0 saturated carbocycles. The van der Waals surface area contributed by atoms with E-state index in [9.17, 15) is 5.11 Å². The Hall–Kier alpha value is -1.04. The third-order valence-electron chi connectivity index (χ3n) is 2.58. The zero-order valence-corrected chi connectivity index (χ0v) is 13.0. The Kier molecular flexibility index (Phi) is 4.85. The zero-order valence-electron chi connectivity index (χ0n) is 10.6. The van der Waals surface area contributed by atoms with Gasteiger partial charge in [-0.1, -0.05) is 17.8 Å². The van der Waals surface area contributed by atoms with E-state index in [4.69, 9.17) is 4.74 Å². The number of ether oxygens (including phenoxy) is 1. The second-order valence-corrected chi connectivity index (χ2v) is 5.94. The number of hydrogen-bond donors (Lipinski definition) is 1. The molecule has 1 N–H and O–H groups in total. The maximum absolute atomic E-state index is 9.92. The molecule has 0 aliphatic heterocycles. The van der Waals surface area contributed by atoms with Crippen LogP contribution in [0.15, 0.2) is 50.9 Å². The molecule has 0 bridgehead atoms. The van der Waals surface area contributed by atoms with Crippen LogP contribution in [0.4, 0.5) is 0 Å². The van der Waals surface area contributed by atoms with E-state index >= 15 is 0 Å². The van der Waals surface area contributed by atoms with Crippen molar-refractivity contribution in [2.75, 3.05) is 7.11 Å². The Balaban J connectivity index is 2.36. The molecule has 2 aromatic rings. The molecule has 1 heterocycles. The number of halogens is 1. The largest absolute Gasteiger partial charge is 0.496 e. The van der Waals surface area contributed by atoms with Crippen molar-refractivity contribution in [1.82, 2.24) is 4.98 Å². The molecule has 0 radical (unpaired) electrons. The summed E-state index contributed by atoms with van der Waals surface area (Å²) in [5.74, 6) is 0.692. The number of methoxy groups -OCH3 is 1. The maximum Gasteiger partial charge on any atom is 0.125 e. The fourth-order valence-electron chi connectivity index (χ4n) is 1.74. The molecular formula is C14H14BrNO2S. The van der Waals surface area contributed by atoms with Gasteiger partial charge in [-0.3, -0.25) is 0 Å². The number of aliphatic hydroxyl groups excluding tert-OH is 1. The normalized spacial score (nSPS) is 12.2. The second kappa shape index (κ2) is 6.41. The van der Waals surface area contributed by atoms with Gasteiger partial charge in [-0.25, -0.2) is 4.98 Å². The summed E-state index contributed by atoms with van der Waals surface area (Å²) in [5.41, 5.74) is 0.791. The average molecular weight is 340 g/mol. The number of nitrogens with zero attached hydrogens (tertiary/aromatic N) is 1. The topological polar surface area (TPSA) is 42.4 Å². The van der Waals surface area contributed by atoms with Crippen LogP contribution in [-0.4, -0.2) is 17.2 Å². The van der Waals surface area contributed by atoms with Gasteiger partial charge in [0.1, 0.15) is 10.8 Å². The van der Waals surface area contributed by atoms with Gasteiger partial charge in [0.2, 0.25) is 0 Å². The van der Waals surface area contributed by atoms with Gasteiger partial charge >= 0.3 is 0 Å². The fourth-order valence-corrected chi connectivity index (χ4v) is 2.97. The predicted octanol–water partition coefficient (Wildman–Crippen LogP) is 4.06. The summed E-state index contributed by atoms with van der Waals surface area (Å²) < 4.78 is 6.25. The molecule has 5 heteroatoms. The van der Waals surface area contributed by atoms with Crippen LogP contribution >= 0.6 is 27.7 Å². The highest BCUT2D eigenvalue weighted by Gasteiger charge is 2.15. The lowest BCUT2D eigenvalue weighted by molar-refractivity contribution is 0.191. The van der Waals surface area contributed by atoms with E-state index in [1.807, 2.05) is 30.3 Å². The molecule has 0 spiro atoms. The minimum absolute atomic E-state index is 0.589. The van der Waals surface area contributed by atoms with Gasteiger partial charge < -0.3 is 9.84 Å². The molecule has 0 saturated heterocycles. The van der Waals surface area contributed by atoms with Crippen LogP contribution in [-0.2, 0) is 0 Å². The molecule has 0 amide bonds. The molecule has 2 rings (SSSR count). The van der Waals surface area contributed by atoms with E-state index in [2.05, 4.69) is 20.9 Å². The Morgan fingerprint density at radius 2 is 2.11 bits per heavy atom. The van der Waals surface area contributed by atoms with Crippen LogP contribution in [0.2, 0.25) is 0 Å². The molecule has 0 unspecified atom stereocenters. The highest BCUT2D eigenvalue weighted by molar-refractivity contribution is 9.10. The van der Waals surface area contributed by atoms with Crippen molar-refractivity contribution in [2.24, 2.45) is 0 Å². The number of pyridine rings is 1. The number of aromatic nitrogens is 1. The summed E-state index contributed by atoms with van der Waals surface area (Å²) in [4.78, 5) is 5.27. The Bertz CT molecular complexity index is 558.